The maximum atomic E-state index is 13.2. The predicted molar refractivity (Wildman–Crippen MR) is 116 cm³/mol. The number of hydrogen-bond donors (Lipinski definition) is 0. The van der Waals surface area contributed by atoms with Crippen molar-refractivity contribution in [3.63, 3.8) is 0 Å². The number of ketones is 1. The van der Waals surface area contributed by atoms with Crippen LogP contribution >= 0.6 is 11.6 Å². The van der Waals surface area contributed by atoms with Gasteiger partial charge in [0.05, 0.1) is 6.61 Å². The van der Waals surface area contributed by atoms with Crippen LogP contribution in [0.1, 0.15) is 55.1 Å². The highest BCUT2D eigenvalue weighted by Gasteiger charge is 2.33. The summed E-state index contributed by atoms with van der Waals surface area (Å²) in [6.07, 6.45) is 2.91. The van der Waals surface area contributed by atoms with Gasteiger partial charge in [-0.25, -0.2) is 4.79 Å². The average molecular weight is 429 g/mol. The van der Waals surface area contributed by atoms with Crippen LogP contribution in [0.4, 0.5) is 0 Å². The molecule has 0 aliphatic carbocycles. The van der Waals surface area contributed by atoms with Gasteiger partial charge in [0.25, 0.3) is 0 Å². The fraction of sp³-hybridized carbons (Fsp3) is 0.292. The molecule has 0 saturated carbocycles. The zero-order chi connectivity index (χ0) is 22.3. The lowest BCUT2D eigenvalue weighted by Crippen LogP contribution is -2.31. The summed E-state index contributed by atoms with van der Waals surface area (Å²) in [6, 6.07) is 13.2. The quantitative estimate of drug-likeness (QED) is 0.261. The molecule has 6 heteroatoms. The summed E-state index contributed by atoms with van der Waals surface area (Å²) in [6.45, 7) is 7.28. The Hall–Kier alpha value is -2.92. The molecule has 0 bridgehead atoms. The second kappa shape index (κ2) is 10.2. The average Bonchev–Trinajstić information content (AvgIpc) is 2.67. The highest BCUT2D eigenvalue weighted by molar-refractivity contribution is 6.30. The van der Waals surface area contributed by atoms with Crippen molar-refractivity contribution in [3.05, 3.63) is 76.3 Å². The van der Waals surface area contributed by atoms with E-state index in [9.17, 15) is 14.4 Å². The lowest BCUT2D eigenvalue weighted by atomic mass is 9.90. The van der Waals surface area contributed by atoms with E-state index in [1.54, 1.807) is 82.3 Å². The zero-order valence-electron chi connectivity index (χ0n) is 17.5. The van der Waals surface area contributed by atoms with Crippen molar-refractivity contribution in [1.29, 1.82) is 0 Å². The second-order valence-electron chi connectivity index (χ2n) is 7.59. The first-order chi connectivity index (χ1) is 14.1. The van der Waals surface area contributed by atoms with Gasteiger partial charge < -0.3 is 9.47 Å². The molecule has 5 nitrogen and oxygen atoms in total. The molecule has 0 unspecified atom stereocenters. The van der Waals surface area contributed by atoms with Crippen LogP contribution in [0.5, 0.6) is 0 Å². The van der Waals surface area contributed by atoms with Gasteiger partial charge >= 0.3 is 11.9 Å². The maximum absolute atomic E-state index is 13.2. The molecular formula is C24H25ClO5. The number of esters is 2. The van der Waals surface area contributed by atoms with Crippen molar-refractivity contribution in [2.24, 2.45) is 0 Å². The number of hydrogen-bond acceptors (Lipinski definition) is 5. The van der Waals surface area contributed by atoms with E-state index in [4.69, 9.17) is 21.1 Å². The Balaban J connectivity index is 2.30. The van der Waals surface area contributed by atoms with Crippen LogP contribution < -0.4 is 0 Å². The van der Waals surface area contributed by atoms with Gasteiger partial charge in [-0.05, 0) is 57.0 Å². The Morgan fingerprint density at radius 3 is 2.13 bits per heavy atom. The summed E-state index contributed by atoms with van der Waals surface area (Å²) in [4.78, 5) is 37.4. The molecule has 0 aromatic heterocycles. The summed E-state index contributed by atoms with van der Waals surface area (Å²) in [5.74, 6) is -2.55. The first-order valence-electron chi connectivity index (χ1n) is 9.58. The molecule has 0 aliphatic heterocycles. The molecular weight excluding hydrogens is 404 g/mol. The number of rotatable bonds is 7. The highest BCUT2D eigenvalue weighted by atomic mass is 35.5. The van der Waals surface area contributed by atoms with Gasteiger partial charge in [0.2, 0.25) is 0 Å². The molecule has 1 atom stereocenters. The minimum Gasteiger partial charge on any atom is -0.463 e. The van der Waals surface area contributed by atoms with Crippen LogP contribution in [-0.2, 0) is 19.1 Å². The third-order valence-corrected chi connectivity index (χ3v) is 4.25. The van der Waals surface area contributed by atoms with E-state index in [-0.39, 0.29) is 5.78 Å². The lowest BCUT2D eigenvalue weighted by Gasteiger charge is -2.23. The normalized spacial score (nSPS) is 12.4. The smallest absolute Gasteiger partial charge is 0.330 e. The van der Waals surface area contributed by atoms with Gasteiger partial charge in [-0.15, -0.1) is 0 Å². The Kier molecular flexibility index (Phi) is 7.95. The van der Waals surface area contributed by atoms with E-state index < -0.39 is 23.5 Å². The number of halogens is 1. The fourth-order valence-electron chi connectivity index (χ4n) is 2.69. The first-order valence-corrected chi connectivity index (χ1v) is 9.96. The second-order valence-corrected chi connectivity index (χ2v) is 8.03. The molecule has 2 aromatic carbocycles. The van der Waals surface area contributed by atoms with Crippen LogP contribution in [0, 0.1) is 0 Å². The molecule has 0 radical (unpaired) electrons. The van der Waals surface area contributed by atoms with Crippen molar-refractivity contribution in [2.45, 2.75) is 39.2 Å². The number of carbonyl (C=O) groups excluding carboxylic acids is 3. The molecule has 30 heavy (non-hydrogen) atoms. The van der Waals surface area contributed by atoms with E-state index in [0.717, 1.165) is 5.56 Å². The van der Waals surface area contributed by atoms with Gasteiger partial charge in [0.15, 0.2) is 5.78 Å². The van der Waals surface area contributed by atoms with Crippen molar-refractivity contribution in [1.82, 2.24) is 0 Å². The van der Waals surface area contributed by atoms with Crippen molar-refractivity contribution < 1.29 is 23.9 Å². The summed E-state index contributed by atoms with van der Waals surface area (Å²) in [5.41, 5.74) is 0.850. The summed E-state index contributed by atoms with van der Waals surface area (Å²) in [7, 11) is 0. The van der Waals surface area contributed by atoms with Gasteiger partial charge in [-0.3, -0.25) is 9.59 Å². The Morgan fingerprint density at radius 2 is 1.60 bits per heavy atom. The minimum atomic E-state index is -1.11. The van der Waals surface area contributed by atoms with Gasteiger partial charge in [0.1, 0.15) is 11.5 Å². The van der Waals surface area contributed by atoms with Gasteiger partial charge in [0, 0.05) is 16.7 Å². The van der Waals surface area contributed by atoms with Crippen molar-refractivity contribution in [3.8, 4) is 0 Å². The van der Waals surface area contributed by atoms with Crippen LogP contribution in [0.3, 0.4) is 0 Å². The van der Waals surface area contributed by atoms with Gasteiger partial charge in [-0.1, -0.05) is 48.0 Å². The Labute approximate surface area is 181 Å². The largest absolute Gasteiger partial charge is 0.463 e. The van der Waals surface area contributed by atoms with E-state index in [2.05, 4.69) is 0 Å². The standard InChI is InChI=1S/C24H25ClO5/c1-5-29-20(26)15-8-16-6-9-18(10-7-16)22(27)21(23(28)30-24(2,3)4)17-11-13-19(25)14-12-17/h6-15,21H,5H2,1-4H3/b15-8+/t21-/m0/s1. The molecule has 2 aromatic rings. The van der Waals surface area contributed by atoms with Crippen molar-refractivity contribution >= 4 is 35.4 Å². The Bertz CT molecular complexity index is 922. The fourth-order valence-corrected chi connectivity index (χ4v) is 2.82. The predicted octanol–water partition coefficient (Wildman–Crippen LogP) is 5.22. The number of ether oxygens (including phenoxy) is 2. The number of Topliss-reactive ketones (excluding diaryl/α,β-unsaturated/α-hetero) is 1. The monoisotopic (exact) mass is 428 g/mol. The van der Waals surface area contributed by atoms with Crippen LogP contribution in [0.15, 0.2) is 54.6 Å². The van der Waals surface area contributed by atoms with E-state index in [1.165, 1.54) is 6.08 Å². The molecule has 0 fully saturated rings. The topological polar surface area (TPSA) is 69.7 Å². The minimum absolute atomic E-state index is 0.299. The van der Waals surface area contributed by atoms with Crippen LogP contribution in [-0.4, -0.2) is 29.9 Å². The highest BCUT2D eigenvalue weighted by Crippen LogP contribution is 2.26. The maximum Gasteiger partial charge on any atom is 0.330 e. The third kappa shape index (κ3) is 6.85. The summed E-state index contributed by atoms with van der Waals surface area (Å²) >= 11 is 5.95. The zero-order valence-corrected chi connectivity index (χ0v) is 18.2. The summed E-state index contributed by atoms with van der Waals surface area (Å²) in [5, 5.41) is 0.506. The van der Waals surface area contributed by atoms with E-state index in [0.29, 0.717) is 22.8 Å². The molecule has 0 saturated heterocycles. The number of benzene rings is 2. The van der Waals surface area contributed by atoms with E-state index >= 15 is 0 Å². The van der Waals surface area contributed by atoms with E-state index in [1.807, 2.05) is 0 Å². The molecule has 0 aliphatic rings. The molecule has 2 rings (SSSR count). The summed E-state index contributed by atoms with van der Waals surface area (Å²) < 4.78 is 10.3. The SMILES string of the molecule is CCOC(=O)/C=C/c1ccc(C(=O)[C@@H](C(=O)OC(C)(C)C)c2ccc(Cl)cc2)cc1. The van der Waals surface area contributed by atoms with Crippen LogP contribution in [0.2, 0.25) is 5.02 Å². The Morgan fingerprint density at radius 1 is 1.00 bits per heavy atom. The molecule has 0 spiro atoms. The van der Waals surface area contributed by atoms with Crippen molar-refractivity contribution in [2.75, 3.05) is 6.61 Å². The number of carbonyl (C=O) groups is 3. The molecule has 0 N–H and O–H groups in total. The molecule has 0 heterocycles. The van der Waals surface area contributed by atoms with Gasteiger partial charge in [-0.2, -0.15) is 0 Å². The third-order valence-electron chi connectivity index (χ3n) is 4.00. The molecule has 0 amide bonds. The first kappa shape index (κ1) is 23.4. The molecule has 158 valence electrons. The lowest BCUT2D eigenvalue weighted by molar-refractivity contribution is -0.155. The van der Waals surface area contributed by atoms with Crippen LogP contribution in [0.25, 0.3) is 6.08 Å².